The predicted molar refractivity (Wildman–Crippen MR) is 25.1 cm³/mol. The van der Waals surface area contributed by atoms with Crippen molar-refractivity contribution in [2.45, 2.75) is 12.5 Å². The number of alkyl halides is 3. The zero-order valence-electron chi connectivity index (χ0n) is 4.93. The van der Waals surface area contributed by atoms with Gasteiger partial charge in [-0.15, -0.1) is 0 Å². The minimum absolute atomic E-state index is 0.650. The van der Waals surface area contributed by atoms with Crippen molar-refractivity contribution in [1.29, 1.82) is 0 Å². The lowest BCUT2D eigenvalue weighted by atomic mass is 10.6. The van der Waals surface area contributed by atoms with Crippen LogP contribution in [0, 0.1) is 0 Å². The van der Waals surface area contributed by atoms with Gasteiger partial charge in [0.05, 0.1) is 13.2 Å². The highest BCUT2D eigenvalue weighted by Crippen LogP contribution is 2.20. The van der Waals surface area contributed by atoms with Crippen LogP contribution in [0.5, 0.6) is 0 Å². The molecule has 0 aromatic rings. The van der Waals surface area contributed by atoms with Crippen molar-refractivity contribution in [1.82, 2.24) is 0 Å². The van der Waals surface area contributed by atoms with Gasteiger partial charge in [0.25, 0.3) is 6.36 Å². The smallest absolute Gasteiger partial charge is 0.394 e. The normalized spacial score (nSPS) is 15.3. The van der Waals surface area contributed by atoms with Crippen molar-refractivity contribution in [3.63, 3.8) is 0 Å². The van der Waals surface area contributed by atoms with Gasteiger partial charge in [0, 0.05) is 0 Å². The Balaban J connectivity index is 3.63. The fraction of sp³-hybridized carbons (Fsp3) is 1.00. The molecule has 3 nitrogen and oxygen atoms in total. The standard InChI is InChI=1S/C4H7F3O3/c5-3(9)4(6,7)10-2-1-8/h3,8-9H,1-2H2. The molecule has 0 saturated heterocycles. The Morgan fingerprint density at radius 1 is 1.50 bits per heavy atom. The van der Waals surface area contributed by atoms with Gasteiger partial charge >= 0.3 is 6.11 Å². The number of aliphatic hydroxyl groups excluding tert-OH is 2. The SMILES string of the molecule is OCCOC(F)(F)C(O)F. The second kappa shape index (κ2) is 3.75. The minimum Gasteiger partial charge on any atom is -0.394 e. The van der Waals surface area contributed by atoms with Gasteiger partial charge in [-0.2, -0.15) is 8.78 Å². The van der Waals surface area contributed by atoms with Crippen LogP contribution in [0.4, 0.5) is 13.2 Å². The van der Waals surface area contributed by atoms with E-state index in [4.69, 9.17) is 10.2 Å². The molecule has 62 valence electrons. The predicted octanol–water partition coefficient (Wildman–Crippen LogP) is -0.124. The van der Waals surface area contributed by atoms with Crippen LogP contribution in [0.25, 0.3) is 0 Å². The molecule has 0 aliphatic heterocycles. The quantitative estimate of drug-likeness (QED) is 0.602. The van der Waals surface area contributed by atoms with Gasteiger partial charge in [0.1, 0.15) is 0 Å². The largest absolute Gasteiger partial charge is 0.411 e. The molecule has 0 bridgehead atoms. The average Bonchev–Trinajstić information content (AvgIpc) is 1.84. The van der Waals surface area contributed by atoms with Crippen molar-refractivity contribution < 1.29 is 28.1 Å². The fourth-order valence-corrected chi connectivity index (χ4v) is 0.250. The van der Waals surface area contributed by atoms with E-state index in [0.717, 1.165) is 0 Å². The molecule has 1 atom stereocenters. The van der Waals surface area contributed by atoms with Crippen molar-refractivity contribution in [2.24, 2.45) is 0 Å². The molecule has 0 heterocycles. The van der Waals surface area contributed by atoms with Crippen LogP contribution in [0.1, 0.15) is 0 Å². The van der Waals surface area contributed by atoms with Gasteiger partial charge in [-0.05, 0) is 0 Å². The Hall–Kier alpha value is -0.330. The van der Waals surface area contributed by atoms with Crippen molar-refractivity contribution >= 4 is 0 Å². The third kappa shape index (κ3) is 3.00. The lowest BCUT2D eigenvalue weighted by Crippen LogP contribution is -2.33. The zero-order chi connectivity index (χ0) is 8.20. The Kier molecular flexibility index (Phi) is 3.62. The Morgan fingerprint density at radius 3 is 2.30 bits per heavy atom. The molecule has 10 heavy (non-hydrogen) atoms. The summed E-state index contributed by atoms with van der Waals surface area (Å²) in [4.78, 5) is 0. The molecule has 0 aromatic heterocycles. The summed E-state index contributed by atoms with van der Waals surface area (Å²) in [6, 6.07) is 0. The van der Waals surface area contributed by atoms with Crippen LogP contribution in [0.2, 0.25) is 0 Å². The van der Waals surface area contributed by atoms with Gasteiger partial charge in [-0.1, -0.05) is 0 Å². The second-order valence-corrected chi connectivity index (χ2v) is 1.47. The summed E-state index contributed by atoms with van der Waals surface area (Å²) >= 11 is 0. The average molecular weight is 160 g/mol. The van der Waals surface area contributed by atoms with Crippen LogP contribution in [0.15, 0.2) is 0 Å². The first-order chi connectivity index (χ1) is 4.50. The maximum absolute atomic E-state index is 11.8. The van der Waals surface area contributed by atoms with Crippen LogP contribution < -0.4 is 0 Å². The molecule has 0 spiro atoms. The highest BCUT2D eigenvalue weighted by molar-refractivity contribution is 4.53. The number of halogens is 3. The van der Waals surface area contributed by atoms with Crippen LogP contribution in [0.3, 0.4) is 0 Å². The summed E-state index contributed by atoms with van der Waals surface area (Å²) in [5.41, 5.74) is 0. The summed E-state index contributed by atoms with van der Waals surface area (Å²) in [5.74, 6) is 0. The minimum atomic E-state index is -4.22. The molecular weight excluding hydrogens is 153 g/mol. The Labute approximate surface area is 55.0 Å². The number of rotatable bonds is 4. The summed E-state index contributed by atoms with van der Waals surface area (Å²) < 4.78 is 38.4. The van der Waals surface area contributed by atoms with Gasteiger partial charge in [-0.3, -0.25) is 0 Å². The first-order valence-corrected chi connectivity index (χ1v) is 2.45. The highest BCUT2D eigenvalue weighted by Gasteiger charge is 2.40. The molecule has 2 N–H and O–H groups in total. The lowest BCUT2D eigenvalue weighted by molar-refractivity contribution is -0.320. The Morgan fingerprint density at radius 2 is 2.00 bits per heavy atom. The third-order valence-corrected chi connectivity index (χ3v) is 0.663. The Bertz CT molecular complexity index is 95.7. The molecule has 0 aliphatic carbocycles. The molecule has 0 saturated carbocycles. The molecule has 6 heteroatoms. The van der Waals surface area contributed by atoms with Crippen molar-refractivity contribution in [3.05, 3.63) is 0 Å². The zero-order valence-corrected chi connectivity index (χ0v) is 4.93. The van der Waals surface area contributed by atoms with E-state index < -0.39 is 25.7 Å². The summed E-state index contributed by atoms with van der Waals surface area (Å²) in [6.07, 6.45) is -7.57. The van der Waals surface area contributed by atoms with Gasteiger partial charge in [0.2, 0.25) is 0 Å². The van der Waals surface area contributed by atoms with E-state index in [1.165, 1.54) is 0 Å². The van der Waals surface area contributed by atoms with Crippen LogP contribution in [-0.4, -0.2) is 35.9 Å². The molecule has 0 aromatic carbocycles. The maximum Gasteiger partial charge on any atom is 0.411 e. The van der Waals surface area contributed by atoms with E-state index >= 15 is 0 Å². The van der Waals surface area contributed by atoms with E-state index in [-0.39, 0.29) is 0 Å². The van der Waals surface area contributed by atoms with Gasteiger partial charge < -0.3 is 14.9 Å². The second-order valence-electron chi connectivity index (χ2n) is 1.47. The topological polar surface area (TPSA) is 49.7 Å². The monoisotopic (exact) mass is 160 g/mol. The lowest BCUT2D eigenvalue weighted by Gasteiger charge is -2.15. The first kappa shape index (κ1) is 9.67. The van der Waals surface area contributed by atoms with E-state index in [9.17, 15) is 13.2 Å². The molecule has 0 radical (unpaired) electrons. The van der Waals surface area contributed by atoms with E-state index in [1.807, 2.05) is 0 Å². The van der Waals surface area contributed by atoms with Crippen molar-refractivity contribution in [2.75, 3.05) is 13.2 Å². The summed E-state index contributed by atoms with van der Waals surface area (Å²) in [7, 11) is 0. The van der Waals surface area contributed by atoms with E-state index in [0.29, 0.717) is 0 Å². The fourth-order valence-electron chi connectivity index (χ4n) is 0.250. The van der Waals surface area contributed by atoms with Gasteiger partial charge in [0.15, 0.2) is 0 Å². The first-order valence-electron chi connectivity index (χ1n) is 2.45. The number of ether oxygens (including phenoxy) is 1. The molecule has 0 aliphatic rings. The third-order valence-electron chi connectivity index (χ3n) is 0.663. The molecule has 1 unspecified atom stereocenters. The molecular formula is C4H7F3O3. The highest BCUT2D eigenvalue weighted by atomic mass is 19.3. The van der Waals surface area contributed by atoms with Gasteiger partial charge in [-0.25, -0.2) is 4.39 Å². The van der Waals surface area contributed by atoms with Crippen LogP contribution in [-0.2, 0) is 4.74 Å². The molecule has 0 amide bonds. The number of hydrogen-bond acceptors (Lipinski definition) is 3. The molecule has 0 fully saturated rings. The van der Waals surface area contributed by atoms with E-state index in [2.05, 4.69) is 4.74 Å². The molecule has 0 rings (SSSR count). The summed E-state index contributed by atoms with van der Waals surface area (Å²) in [5, 5.41) is 15.6. The summed E-state index contributed by atoms with van der Waals surface area (Å²) in [6.45, 7) is -1.36. The maximum atomic E-state index is 11.8. The van der Waals surface area contributed by atoms with E-state index in [1.54, 1.807) is 0 Å². The number of hydrogen-bond donors (Lipinski definition) is 2. The number of aliphatic hydroxyl groups is 2. The van der Waals surface area contributed by atoms with Crippen molar-refractivity contribution in [3.8, 4) is 0 Å². The van der Waals surface area contributed by atoms with Crippen LogP contribution >= 0.6 is 0 Å².